The Hall–Kier alpha value is -9.65. The number of carbonyl (C=O) groups excluding carboxylic acids is 6. The van der Waals surface area contributed by atoms with Crippen molar-refractivity contribution in [2.45, 2.75) is 212 Å². The fourth-order valence-electron chi connectivity index (χ4n) is 13.4. The summed E-state index contributed by atoms with van der Waals surface area (Å²) in [6, 6.07) is 31.9. The van der Waals surface area contributed by atoms with Gasteiger partial charge in [0.25, 0.3) is 34.9 Å². The fourth-order valence-corrected chi connectivity index (χ4v) is 18.6. The molecule has 12 rings (SSSR count). The number of aliphatic hydroxyl groups is 2. The fraction of sp³-hybridized carbons (Fsp3) is 0.429. The van der Waals surface area contributed by atoms with Gasteiger partial charge in [-0.2, -0.15) is 15.3 Å². The Morgan fingerprint density at radius 3 is 1.42 bits per heavy atom. The highest BCUT2D eigenvalue weighted by Gasteiger charge is 2.70. The molecule has 5 aliphatic heterocycles. The number of hydrogen-bond acceptors (Lipinski definition) is 28. The molecular formula is C84H100Br2F6N9O26P3. The molecule has 6 aromatic carbocycles. The number of aromatic nitrogens is 2. The minimum absolute atomic E-state index is 0. The molecule has 1 aromatic heterocycles. The van der Waals surface area contributed by atoms with Crippen LogP contribution in [0, 0.1) is 0 Å². The number of fused-ring (bicyclic) bond motifs is 3. The van der Waals surface area contributed by atoms with E-state index in [2.05, 4.69) is 70.9 Å². The molecule has 0 aliphatic carbocycles. The number of alkyl halides is 6. The predicted molar refractivity (Wildman–Crippen MR) is 468 cm³/mol. The van der Waals surface area contributed by atoms with Crippen molar-refractivity contribution in [1.82, 2.24) is 45.2 Å². The molecule has 0 spiro atoms. The molecule has 8 N–H and O–H groups in total. The summed E-state index contributed by atoms with van der Waals surface area (Å²) in [6.45, 7) is 21.1. The number of rotatable bonds is 32. The van der Waals surface area contributed by atoms with Gasteiger partial charge in [-0.3, -0.25) is 56.7 Å². The standard InChI is InChI=1S/C30H36F2N3O9P.C27H31BrF2N3O8P.C26H29BrF2N3O9P.CH4/c1-7-25(37)42-27-29(6,31)28(35-16-15-24(36)33-20(35)5)43-30(27,32)17-40-45(39,34-19(4)26(38)41-18(2)3)44-23-14-10-12-21-11-8-9-13-22(21)23;1-15(2)39-23(35)16(3)32-42(37,41-20-11-10-18-8-6-7-9-19(18)12-20)38-14-27(30)24(36)26(5,29)25(40-27)33-13-21(28)22(34)31-17(33)4;1-14(2)39-21(34)15(3)31-42(37,41-19-11-7-9-16-8-5-6-10-17(16)19)38-13-26(29)22(35)25(4,28)23(40-26)32-12-18(27)20(33)30-24(32)36;/h8-16,18-19,27-28H,5,7,17H2,1-4,6H3,(H,33,36)(H,34,39);6-13,15-16,24-25,36H,4,14H2,1-3,5H3,(H,31,34)(H,32,37);5-12,14-15,22-23,35H,13H2,1-4H3,(H,31,37)(H,30,33,36);1H4/t19?,27-,28+,29+,30+,45?;16?,24-,25+,26+,27+,42?;15?,22-,23+,25+,26+,42?;/m000./s1. The number of aliphatic hydroxyl groups excluding tert-OH is 2. The first kappa shape index (κ1) is 104. The van der Waals surface area contributed by atoms with E-state index in [1.54, 1.807) is 139 Å². The molecule has 35 nitrogen and oxygen atoms in total. The number of carbonyl (C=O) groups is 6. The zero-order valence-corrected chi connectivity index (χ0v) is 77.4. The number of amides is 2. The van der Waals surface area contributed by atoms with E-state index in [1.165, 1.54) is 45.9 Å². The van der Waals surface area contributed by atoms with Gasteiger partial charge in [0.1, 0.15) is 66.8 Å². The molecule has 0 bridgehead atoms. The molecular weight excluding hydrogens is 1920 g/mol. The maximum absolute atomic E-state index is 16.8. The van der Waals surface area contributed by atoms with Gasteiger partial charge in [0, 0.05) is 41.9 Å². The molecule has 46 heteroatoms. The number of benzene rings is 6. The third kappa shape index (κ3) is 24.2. The van der Waals surface area contributed by atoms with Crippen LogP contribution in [0.5, 0.6) is 17.2 Å². The zero-order chi connectivity index (χ0) is 95.2. The summed E-state index contributed by atoms with van der Waals surface area (Å²) < 4.78 is 210. The minimum Gasteiger partial charge on any atom is -0.462 e. The molecule has 5 aliphatic rings. The van der Waals surface area contributed by atoms with E-state index in [4.69, 9.17) is 60.3 Å². The van der Waals surface area contributed by atoms with Gasteiger partial charge in [-0.25, -0.2) is 44.8 Å². The summed E-state index contributed by atoms with van der Waals surface area (Å²) in [5.74, 6) is -14.5. The number of aromatic amines is 1. The third-order valence-corrected chi connectivity index (χ3v) is 25.7. The van der Waals surface area contributed by atoms with E-state index in [9.17, 15) is 62.3 Å². The van der Waals surface area contributed by atoms with Crippen LogP contribution >= 0.6 is 55.1 Å². The van der Waals surface area contributed by atoms with Crippen molar-refractivity contribution in [3.63, 3.8) is 0 Å². The van der Waals surface area contributed by atoms with E-state index < -0.39 is 198 Å². The lowest BCUT2D eigenvalue weighted by atomic mass is 9.96. The Labute approximate surface area is 759 Å². The topological polar surface area (TPSA) is 436 Å². The van der Waals surface area contributed by atoms with Crippen LogP contribution in [0.1, 0.15) is 110 Å². The van der Waals surface area contributed by atoms with Gasteiger partial charge < -0.3 is 77.4 Å². The van der Waals surface area contributed by atoms with E-state index in [1.807, 2.05) is 17.1 Å². The molecule has 0 radical (unpaired) electrons. The lowest BCUT2D eigenvalue weighted by molar-refractivity contribution is -0.216. The summed E-state index contributed by atoms with van der Waals surface area (Å²) in [5, 5.41) is 37.4. The van der Waals surface area contributed by atoms with Gasteiger partial charge in [0.05, 0.1) is 27.3 Å². The Morgan fingerprint density at radius 2 is 0.946 bits per heavy atom. The van der Waals surface area contributed by atoms with Crippen molar-refractivity contribution in [3.8, 4) is 17.2 Å². The Balaban J connectivity index is 0.000000219. The van der Waals surface area contributed by atoms with Crippen LogP contribution < -0.4 is 50.7 Å². The van der Waals surface area contributed by atoms with Crippen LogP contribution in [0.25, 0.3) is 32.3 Å². The van der Waals surface area contributed by atoms with Crippen LogP contribution in [0.15, 0.2) is 195 Å². The molecule has 6 unspecified atom stereocenters. The molecule has 6 heterocycles. The smallest absolute Gasteiger partial charge is 0.459 e. The number of H-pyrrole nitrogens is 1. The summed E-state index contributed by atoms with van der Waals surface area (Å²) in [7, 11) is -14.0. The minimum atomic E-state index is -4.71. The third-order valence-electron chi connectivity index (χ3n) is 19.7. The molecule has 708 valence electrons. The first-order chi connectivity index (χ1) is 60.2. The second kappa shape index (κ2) is 41.6. The molecule has 0 saturated carbocycles. The van der Waals surface area contributed by atoms with E-state index in [-0.39, 0.29) is 51.7 Å². The molecule has 3 fully saturated rings. The molecule has 2 amide bonds. The molecule has 130 heavy (non-hydrogen) atoms. The highest BCUT2D eigenvalue weighted by Crippen LogP contribution is 2.56. The van der Waals surface area contributed by atoms with Crippen LogP contribution in [-0.2, 0) is 89.2 Å². The number of ether oxygens (including phenoxy) is 7. The van der Waals surface area contributed by atoms with Crippen molar-refractivity contribution < 1.29 is 139 Å². The summed E-state index contributed by atoms with van der Waals surface area (Å²) in [4.78, 5) is 101. The number of nitrogens with one attached hydrogen (secondary N) is 6. The van der Waals surface area contributed by atoms with Crippen LogP contribution in [-0.4, -0.2) is 187 Å². The Kier molecular flexibility index (Phi) is 33.3. The molecule has 18 atom stereocenters. The molecule has 7 aromatic rings. The van der Waals surface area contributed by atoms with Crippen LogP contribution in [0.3, 0.4) is 0 Å². The quantitative estimate of drug-likeness (QED) is 0.00840. The number of nitrogens with zero attached hydrogens (tertiary/aromatic N) is 3. The average Bonchev–Trinajstić information content (AvgIpc) is 1.59. The van der Waals surface area contributed by atoms with Gasteiger partial charge in [-0.15, -0.1) is 0 Å². The zero-order valence-electron chi connectivity index (χ0n) is 71.5. The lowest BCUT2D eigenvalue weighted by Crippen LogP contribution is -2.53. The van der Waals surface area contributed by atoms with Crippen LogP contribution in [0.2, 0.25) is 0 Å². The SMILES string of the molecule is C.C=C1NC(=O)C(Br)=CN1[C@@H]1O[C@](F)(COP(=O)(NC(C)C(=O)OC(C)C)Oc2ccc3ccccc3c2)[C@@H](O)[C@@]1(C)F.C=C1NC(=O)C=CN1[C@@H]1O[C@](F)(COP(=O)(NC(C)C(=O)OC(C)C)Oc2cccc3ccccc23)[C@@H](OC(=O)CC)[C@@]1(C)F.CC(C)OC(=O)C(C)NP(=O)(OC[C@@]1(F)O[C@@H](n2cc(Br)c(=O)[nH]c2=O)[C@](C)(F)[C@@H]1O)Oc1cccc2ccccc12. The maximum atomic E-state index is 16.8. The average molecular weight is 2020 g/mol. The van der Waals surface area contributed by atoms with Crippen molar-refractivity contribution in [2.75, 3.05) is 19.8 Å². The highest BCUT2D eigenvalue weighted by atomic mass is 79.9. The lowest BCUT2D eigenvalue weighted by Gasteiger charge is -2.36. The van der Waals surface area contributed by atoms with Crippen molar-refractivity contribution >= 4 is 123 Å². The summed E-state index contributed by atoms with van der Waals surface area (Å²) >= 11 is 5.91. The van der Waals surface area contributed by atoms with Gasteiger partial charge in [-0.05, 0) is 161 Å². The summed E-state index contributed by atoms with van der Waals surface area (Å²) in [6.07, 6.45) is -10.5. The van der Waals surface area contributed by atoms with Gasteiger partial charge in [0.2, 0.25) is 6.10 Å². The summed E-state index contributed by atoms with van der Waals surface area (Å²) in [5.41, 5.74) is -10.5. The number of halogens is 8. The second-order valence-corrected chi connectivity index (χ2v) is 38.2. The second-order valence-electron chi connectivity index (χ2n) is 31.4. The Bertz CT molecular complexity index is 5750. The monoisotopic (exact) mass is 2020 g/mol. The molecule has 3 saturated heterocycles. The van der Waals surface area contributed by atoms with Crippen molar-refractivity contribution in [1.29, 1.82) is 0 Å². The van der Waals surface area contributed by atoms with E-state index in [0.717, 1.165) is 71.4 Å². The van der Waals surface area contributed by atoms with Gasteiger partial charge >= 0.3 is 52.8 Å². The normalized spacial score (nSPS) is 26.9. The van der Waals surface area contributed by atoms with Crippen LogP contribution in [0.4, 0.5) is 26.3 Å². The number of esters is 4. The first-order valence-corrected chi connectivity index (χ1v) is 46.0. The largest absolute Gasteiger partial charge is 0.462 e. The Morgan fingerprint density at radius 1 is 0.538 bits per heavy atom. The van der Waals surface area contributed by atoms with E-state index in [0.29, 0.717) is 20.7 Å². The highest BCUT2D eigenvalue weighted by molar-refractivity contribution is 9.12. The van der Waals surface area contributed by atoms with Gasteiger partial charge in [0.15, 0.2) is 47.9 Å². The van der Waals surface area contributed by atoms with Crippen molar-refractivity contribution in [3.05, 3.63) is 207 Å². The first-order valence-electron chi connectivity index (χ1n) is 39.8. The van der Waals surface area contributed by atoms with Crippen molar-refractivity contribution in [2.24, 2.45) is 0 Å². The predicted octanol–water partition coefficient (Wildman–Crippen LogP) is 13.8. The maximum Gasteiger partial charge on any atom is 0.459 e. The van der Waals surface area contributed by atoms with E-state index >= 15 is 26.3 Å². The number of hydrogen-bond donors (Lipinski definition) is 8. The van der Waals surface area contributed by atoms with Gasteiger partial charge in [-0.1, -0.05) is 131 Å².